The molecule has 1 fully saturated rings. The van der Waals surface area contributed by atoms with E-state index in [1.807, 2.05) is 13.0 Å². The second-order valence-electron chi connectivity index (χ2n) is 8.21. The minimum absolute atomic E-state index is 0.00366. The topological polar surface area (TPSA) is 72.8 Å². The van der Waals surface area contributed by atoms with Gasteiger partial charge in [-0.05, 0) is 70.5 Å². The molecule has 0 saturated carbocycles. The van der Waals surface area contributed by atoms with Crippen molar-refractivity contribution in [1.29, 1.82) is 0 Å². The van der Waals surface area contributed by atoms with Gasteiger partial charge in [0.15, 0.2) is 0 Å². The first kappa shape index (κ1) is 26.1. The number of carbonyl (C=O) groups is 1. The zero-order chi connectivity index (χ0) is 24.7. The SMILES string of the molecule is C=N/C(=C(F)\C=C(/C)Cl)C(C)NC(=O)c1cc(OCC2CCOCC2)cc(-c2ncc(C)s2)c1. The van der Waals surface area contributed by atoms with Gasteiger partial charge in [0.25, 0.3) is 5.91 Å². The van der Waals surface area contributed by atoms with Crippen LogP contribution in [0.1, 0.15) is 41.9 Å². The van der Waals surface area contributed by atoms with Crippen molar-refractivity contribution < 1.29 is 18.7 Å². The molecule has 1 aliphatic heterocycles. The summed E-state index contributed by atoms with van der Waals surface area (Å²) in [5.41, 5.74) is 1.16. The van der Waals surface area contributed by atoms with Gasteiger partial charge < -0.3 is 14.8 Å². The highest BCUT2D eigenvalue weighted by Gasteiger charge is 2.19. The molecule has 2 heterocycles. The Morgan fingerprint density at radius 2 is 2.18 bits per heavy atom. The van der Waals surface area contributed by atoms with Crippen molar-refractivity contribution in [3.63, 3.8) is 0 Å². The van der Waals surface area contributed by atoms with Gasteiger partial charge in [-0.1, -0.05) is 11.6 Å². The van der Waals surface area contributed by atoms with Crippen LogP contribution in [0.3, 0.4) is 0 Å². The molecule has 182 valence electrons. The number of thiazole rings is 1. The van der Waals surface area contributed by atoms with E-state index >= 15 is 0 Å². The van der Waals surface area contributed by atoms with Gasteiger partial charge in [-0.3, -0.25) is 9.79 Å². The van der Waals surface area contributed by atoms with Crippen molar-refractivity contribution in [2.75, 3.05) is 19.8 Å². The fourth-order valence-corrected chi connectivity index (χ4v) is 4.42. The van der Waals surface area contributed by atoms with Gasteiger partial charge in [0.1, 0.15) is 16.6 Å². The number of hydrogen-bond donors (Lipinski definition) is 1. The molecule has 1 aromatic heterocycles. The fraction of sp³-hybridized carbons (Fsp3) is 0.400. The quantitative estimate of drug-likeness (QED) is 0.332. The molecule has 2 aromatic rings. The van der Waals surface area contributed by atoms with Crippen LogP contribution >= 0.6 is 22.9 Å². The van der Waals surface area contributed by atoms with Gasteiger partial charge in [0.05, 0.1) is 18.3 Å². The number of nitrogens with one attached hydrogen (secondary N) is 1. The van der Waals surface area contributed by atoms with Crippen LogP contribution in [-0.4, -0.2) is 43.5 Å². The average Bonchev–Trinajstić information content (AvgIpc) is 3.24. The Balaban J connectivity index is 1.85. The second kappa shape index (κ2) is 12.2. The van der Waals surface area contributed by atoms with Crippen molar-refractivity contribution in [1.82, 2.24) is 10.3 Å². The lowest BCUT2D eigenvalue weighted by molar-refractivity contribution is 0.0497. The summed E-state index contributed by atoms with van der Waals surface area (Å²) >= 11 is 7.31. The molecule has 1 saturated heterocycles. The number of allylic oxidation sites excluding steroid dienone is 3. The zero-order valence-corrected chi connectivity index (χ0v) is 21.1. The molecule has 1 aliphatic rings. The van der Waals surface area contributed by atoms with Gasteiger partial charge in [-0.2, -0.15) is 0 Å². The Bertz CT molecular complexity index is 1090. The molecule has 1 aromatic carbocycles. The number of rotatable bonds is 9. The summed E-state index contributed by atoms with van der Waals surface area (Å²) in [6.45, 7) is 10.6. The lowest BCUT2D eigenvalue weighted by atomic mass is 10.0. The summed E-state index contributed by atoms with van der Waals surface area (Å²) in [7, 11) is 0. The van der Waals surface area contributed by atoms with E-state index in [0.29, 0.717) is 23.8 Å². The molecule has 0 radical (unpaired) electrons. The van der Waals surface area contributed by atoms with Gasteiger partial charge in [-0.15, -0.1) is 11.3 Å². The van der Waals surface area contributed by atoms with Gasteiger partial charge >= 0.3 is 0 Å². The lowest BCUT2D eigenvalue weighted by Crippen LogP contribution is -2.34. The first-order valence-corrected chi connectivity index (χ1v) is 12.3. The number of amides is 1. The predicted molar refractivity (Wildman–Crippen MR) is 136 cm³/mol. The highest BCUT2D eigenvalue weighted by atomic mass is 35.5. The van der Waals surface area contributed by atoms with Crippen molar-refractivity contribution in [3.8, 4) is 16.3 Å². The third-order valence-electron chi connectivity index (χ3n) is 5.36. The van der Waals surface area contributed by atoms with Gasteiger partial charge in [0.2, 0.25) is 0 Å². The van der Waals surface area contributed by atoms with E-state index < -0.39 is 11.9 Å². The molecular formula is C25H29ClFN3O3S. The van der Waals surface area contributed by atoms with Crippen molar-refractivity contribution >= 4 is 35.6 Å². The normalized spacial score (nSPS) is 16.6. The minimum Gasteiger partial charge on any atom is -0.493 e. The minimum atomic E-state index is -0.727. The Morgan fingerprint density at radius 1 is 1.44 bits per heavy atom. The summed E-state index contributed by atoms with van der Waals surface area (Å²) in [5, 5.41) is 3.84. The zero-order valence-electron chi connectivity index (χ0n) is 19.6. The van der Waals surface area contributed by atoms with E-state index in [9.17, 15) is 9.18 Å². The maximum absolute atomic E-state index is 14.4. The molecule has 1 N–H and O–H groups in total. The first-order chi connectivity index (χ1) is 16.3. The summed E-state index contributed by atoms with van der Waals surface area (Å²) in [6, 6.07) is 4.61. The van der Waals surface area contributed by atoms with Crippen LogP contribution < -0.4 is 10.1 Å². The highest BCUT2D eigenvalue weighted by molar-refractivity contribution is 7.14. The molecular weight excluding hydrogens is 477 g/mol. The van der Waals surface area contributed by atoms with Crippen LogP contribution in [0.4, 0.5) is 4.39 Å². The number of halogens is 2. The van der Waals surface area contributed by atoms with Crippen LogP contribution in [0.25, 0.3) is 10.6 Å². The Labute approximate surface area is 208 Å². The second-order valence-corrected chi connectivity index (χ2v) is 10.0. The first-order valence-electron chi connectivity index (χ1n) is 11.1. The average molecular weight is 506 g/mol. The van der Waals surface area contributed by atoms with Crippen LogP contribution in [-0.2, 0) is 4.74 Å². The van der Waals surface area contributed by atoms with Crippen LogP contribution in [0.5, 0.6) is 5.75 Å². The molecule has 6 nitrogen and oxygen atoms in total. The largest absolute Gasteiger partial charge is 0.493 e. The van der Waals surface area contributed by atoms with E-state index in [-0.39, 0.29) is 16.6 Å². The van der Waals surface area contributed by atoms with Crippen LogP contribution in [0.15, 0.2) is 52.0 Å². The number of nitrogens with zero attached hydrogens (tertiary/aromatic N) is 2. The van der Waals surface area contributed by atoms with Gasteiger partial charge in [0, 0.05) is 40.4 Å². The van der Waals surface area contributed by atoms with Crippen molar-refractivity contribution in [2.24, 2.45) is 10.9 Å². The smallest absolute Gasteiger partial charge is 0.251 e. The van der Waals surface area contributed by atoms with Gasteiger partial charge in [-0.25, -0.2) is 9.37 Å². The van der Waals surface area contributed by atoms with E-state index in [1.54, 1.807) is 32.2 Å². The number of aromatic nitrogens is 1. The lowest BCUT2D eigenvalue weighted by Gasteiger charge is -2.22. The molecule has 9 heteroatoms. The number of benzene rings is 1. The van der Waals surface area contributed by atoms with Crippen molar-refractivity contribution in [3.05, 3.63) is 57.5 Å². The number of aryl methyl sites for hydroxylation is 1. The van der Waals surface area contributed by atoms with E-state index in [2.05, 4.69) is 22.0 Å². The summed E-state index contributed by atoms with van der Waals surface area (Å²) in [5.74, 6) is -0.0504. The molecule has 34 heavy (non-hydrogen) atoms. The van der Waals surface area contributed by atoms with Crippen molar-refractivity contribution in [2.45, 2.75) is 39.7 Å². The van der Waals surface area contributed by atoms with Crippen LogP contribution in [0.2, 0.25) is 0 Å². The molecule has 0 spiro atoms. The van der Waals surface area contributed by atoms with E-state index in [4.69, 9.17) is 21.1 Å². The molecule has 1 atom stereocenters. The third kappa shape index (κ3) is 7.22. The third-order valence-corrected chi connectivity index (χ3v) is 6.43. The Kier molecular flexibility index (Phi) is 9.38. The summed E-state index contributed by atoms with van der Waals surface area (Å²) in [4.78, 5) is 22.4. The number of hydrogen-bond acceptors (Lipinski definition) is 6. The Hall–Kier alpha value is -2.55. The molecule has 1 unspecified atom stereocenters. The van der Waals surface area contributed by atoms with Crippen LogP contribution in [0, 0.1) is 12.8 Å². The Morgan fingerprint density at radius 3 is 2.79 bits per heavy atom. The maximum atomic E-state index is 14.4. The highest BCUT2D eigenvalue weighted by Crippen LogP contribution is 2.30. The number of aliphatic imine (C=N–C) groups is 1. The summed E-state index contributed by atoms with van der Waals surface area (Å²) in [6.07, 6.45) is 4.82. The standard InChI is InChI=1S/C25H29ClFN3O3S/c1-15(26)9-22(27)23(28-4)17(3)30-24(31)19-10-20(25-29-13-16(2)34-25)12-21(11-19)33-14-18-5-7-32-8-6-18/h9-13,17-18H,4-8,14H2,1-3H3,(H,30,31)/b15-9+,23-22+. The summed E-state index contributed by atoms with van der Waals surface area (Å²) < 4.78 is 25.9. The number of carbonyl (C=O) groups excluding carboxylic acids is 1. The predicted octanol–water partition coefficient (Wildman–Crippen LogP) is 6.07. The fourth-order valence-electron chi connectivity index (χ4n) is 3.57. The monoisotopic (exact) mass is 505 g/mol. The maximum Gasteiger partial charge on any atom is 0.251 e. The molecule has 0 bridgehead atoms. The molecule has 0 aliphatic carbocycles. The number of ether oxygens (including phenoxy) is 2. The van der Waals surface area contributed by atoms with E-state index in [1.165, 1.54) is 11.3 Å². The molecule has 3 rings (SSSR count). The van der Waals surface area contributed by atoms with E-state index in [0.717, 1.165) is 47.6 Å². The molecule has 1 amide bonds.